The molecular formula is C26H31F2N3O5S. The number of hydrogen-bond acceptors (Lipinski definition) is 5. The lowest BCUT2D eigenvalue weighted by molar-refractivity contribution is -0.149. The topological polar surface area (TPSA) is 109 Å². The van der Waals surface area contributed by atoms with Crippen LogP contribution in [0.4, 0.5) is 14.5 Å². The second-order valence-electron chi connectivity index (χ2n) is 10.3. The molecule has 1 aromatic heterocycles. The van der Waals surface area contributed by atoms with Crippen molar-refractivity contribution < 1.29 is 33.0 Å². The molecule has 0 bridgehead atoms. The van der Waals surface area contributed by atoms with Gasteiger partial charge in [-0.05, 0) is 55.7 Å². The first-order valence-electron chi connectivity index (χ1n) is 11.9. The highest BCUT2D eigenvalue weighted by Crippen LogP contribution is 2.48. The summed E-state index contributed by atoms with van der Waals surface area (Å²) in [6.07, 6.45) is 6.62. The molecule has 2 amide bonds. The predicted octanol–water partition coefficient (Wildman–Crippen LogP) is 3.99. The summed E-state index contributed by atoms with van der Waals surface area (Å²) in [5.74, 6) is -3.31. The lowest BCUT2D eigenvalue weighted by Gasteiger charge is -2.42. The molecule has 1 aliphatic heterocycles. The summed E-state index contributed by atoms with van der Waals surface area (Å²) >= 11 is 0. The van der Waals surface area contributed by atoms with Crippen molar-refractivity contribution in [2.24, 2.45) is 11.8 Å². The standard InChI is InChI=1S/C26H31F2N3O5S/c1-36-21-6-5-17-20(30-21)7-8-31(26(35)15-9-14(10-15)11-22(32)33)23(17)25(34)29-16-12-18(27)24(19(28)13-16)37(2,3)4/h5-6,12-15,23H,7-11H2,1-4H3,(H,29,34)(H,32,33)/t14?,15?,23-/m1/s1. The molecule has 1 aromatic carbocycles. The number of hydrogen-bond donors (Lipinski definition) is 2. The van der Waals surface area contributed by atoms with Crippen LogP contribution in [0.25, 0.3) is 0 Å². The van der Waals surface area contributed by atoms with Gasteiger partial charge in [-0.2, -0.15) is 0 Å². The zero-order valence-corrected chi connectivity index (χ0v) is 22.0. The van der Waals surface area contributed by atoms with Crippen LogP contribution in [0.15, 0.2) is 29.2 Å². The van der Waals surface area contributed by atoms with Gasteiger partial charge in [0, 0.05) is 42.6 Å². The summed E-state index contributed by atoms with van der Waals surface area (Å²) in [6.45, 7) is 0.221. The van der Waals surface area contributed by atoms with E-state index in [4.69, 9.17) is 9.84 Å². The maximum absolute atomic E-state index is 14.8. The van der Waals surface area contributed by atoms with Crippen LogP contribution in [0.2, 0.25) is 0 Å². The summed E-state index contributed by atoms with van der Waals surface area (Å²) in [4.78, 5) is 43.9. The zero-order chi connectivity index (χ0) is 27.1. The minimum absolute atomic E-state index is 0.00232. The Kier molecular flexibility index (Phi) is 7.45. The smallest absolute Gasteiger partial charge is 0.303 e. The number of pyridine rings is 1. The Morgan fingerprint density at radius 1 is 1.16 bits per heavy atom. The number of ether oxygens (including phenoxy) is 1. The minimum Gasteiger partial charge on any atom is -0.481 e. The van der Waals surface area contributed by atoms with E-state index in [1.165, 1.54) is 12.0 Å². The summed E-state index contributed by atoms with van der Waals surface area (Å²) < 4.78 is 34.8. The lowest BCUT2D eigenvalue weighted by Crippen LogP contribution is -2.50. The first-order chi connectivity index (χ1) is 17.4. The van der Waals surface area contributed by atoms with Crippen LogP contribution >= 0.6 is 10.0 Å². The summed E-state index contributed by atoms with van der Waals surface area (Å²) in [5, 5.41) is 11.6. The quantitative estimate of drug-likeness (QED) is 0.555. The number of methoxy groups -OCH3 is 1. The Hall–Kier alpha value is -3.21. The Labute approximate surface area is 215 Å². The van der Waals surface area contributed by atoms with Gasteiger partial charge in [-0.25, -0.2) is 23.8 Å². The number of halogens is 2. The van der Waals surface area contributed by atoms with Crippen LogP contribution in [0.1, 0.15) is 36.6 Å². The molecule has 1 saturated carbocycles. The second-order valence-corrected chi connectivity index (χ2v) is 14.4. The van der Waals surface area contributed by atoms with Gasteiger partial charge < -0.3 is 20.1 Å². The Bertz CT molecular complexity index is 1220. The fraction of sp³-hybridized carbons (Fsp3) is 0.462. The van der Waals surface area contributed by atoms with Crippen molar-refractivity contribution >= 4 is 33.5 Å². The molecule has 2 aromatic rings. The average Bonchev–Trinajstić information content (AvgIpc) is 2.77. The van der Waals surface area contributed by atoms with Crippen molar-refractivity contribution in [2.75, 3.05) is 37.7 Å². The number of rotatable bonds is 7. The molecule has 1 aliphatic carbocycles. The Balaban J connectivity index is 1.62. The van der Waals surface area contributed by atoms with Crippen molar-refractivity contribution in [2.45, 2.75) is 36.6 Å². The maximum Gasteiger partial charge on any atom is 0.303 e. The van der Waals surface area contributed by atoms with Crippen molar-refractivity contribution in [3.05, 3.63) is 47.2 Å². The molecular weight excluding hydrogens is 504 g/mol. The third kappa shape index (κ3) is 5.56. The summed E-state index contributed by atoms with van der Waals surface area (Å²) in [6, 6.07) is 4.40. The van der Waals surface area contributed by atoms with E-state index in [0.29, 0.717) is 36.4 Å². The third-order valence-corrected chi connectivity index (χ3v) is 8.46. The van der Waals surface area contributed by atoms with Gasteiger partial charge in [-0.3, -0.25) is 14.4 Å². The monoisotopic (exact) mass is 535 g/mol. The molecule has 4 rings (SSSR count). The molecule has 2 aliphatic rings. The summed E-state index contributed by atoms with van der Waals surface area (Å²) in [5.41, 5.74) is 1.07. The fourth-order valence-electron chi connectivity index (χ4n) is 5.11. The molecule has 0 radical (unpaired) electrons. The third-order valence-electron chi connectivity index (χ3n) is 6.85. The maximum atomic E-state index is 14.8. The number of aliphatic carboxylic acids is 1. The largest absolute Gasteiger partial charge is 0.481 e. The molecule has 0 saturated heterocycles. The van der Waals surface area contributed by atoms with Crippen molar-refractivity contribution in [1.29, 1.82) is 0 Å². The first kappa shape index (κ1) is 26.8. The van der Waals surface area contributed by atoms with E-state index in [9.17, 15) is 23.2 Å². The normalized spacial score (nSPS) is 21.5. The molecule has 200 valence electrons. The number of nitrogens with one attached hydrogen (secondary N) is 1. The van der Waals surface area contributed by atoms with E-state index in [1.807, 2.05) is 0 Å². The second kappa shape index (κ2) is 10.3. The van der Waals surface area contributed by atoms with Crippen molar-refractivity contribution in [3.63, 3.8) is 0 Å². The average molecular weight is 536 g/mol. The highest BCUT2D eigenvalue weighted by atomic mass is 32.3. The van der Waals surface area contributed by atoms with Gasteiger partial charge >= 0.3 is 5.97 Å². The van der Waals surface area contributed by atoms with E-state index < -0.39 is 39.6 Å². The number of carboxylic acid groups (broad SMARTS) is 1. The molecule has 2 heterocycles. The van der Waals surface area contributed by atoms with Crippen molar-refractivity contribution in [1.82, 2.24) is 9.88 Å². The van der Waals surface area contributed by atoms with Crippen LogP contribution in [0, 0.1) is 23.5 Å². The Morgan fingerprint density at radius 2 is 1.81 bits per heavy atom. The molecule has 37 heavy (non-hydrogen) atoms. The molecule has 11 heteroatoms. The number of aromatic nitrogens is 1. The Morgan fingerprint density at radius 3 is 2.38 bits per heavy atom. The number of fused-ring (bicyclic) bond motifs is 1. The van der Waals surface area contributed by atoms with Crippen LogP contribution in [-0.4, -0.2) is 65.2 Å². The molecule has 1 fully saturated rings. The van der Waals surface area contributed by atoms with E-state index in [0.717, 1.165) is 12.1 Å². The number of anilines is 1. The number of amides is 2. The number of carbonyl (C=O) groups is 3. The van der Waals surface area contributed by atoms with Gasteiger partial charge in [0.15, 0.2) is 0 Å². The van der Waals surface area contributed by atoms with Crippen molar-refractivity contribution in [3.8, 4) is 5.88 Å². The number of nitrogens with zero attached hydrogens (tertiary/aromatic N) is 2. The van der Waals surface area contributed by atoms with Gasteiger partial charge in [-0.15, -0.1) is 0 Å². The van der Waals surface area contributed by atoms with Crippen LogP contribution in [-0.2, 0) is 20.8 Å². The minimum atomic E-state index is -1.69. The van der Waals surface area contributed by atoms with E-state index in [1.54, 1.807) is 30.9 Å². The van der Waals surface area contributed by atoms with Gasteiger partial charge in [0.2, 0.25) is 11.8 Å². The van der Waals surface area contributed by atoms with Crippen LogP contribution < -0.4 is 10.1 Å². The number of carbonyl (C=O) groups excluding carboxylic acids is 2. The van der Waals surface area contributed by atoms with Gasteiger partial charge in [0.1, 0.15) is 17.7 Å². The highest BCUT2D eigenvalue weighted by Gasteiger charge is 2.43. The van der Waals surface area contributed by atoms with E-state index in [2.05, 4.69) is 10.3 Å². The fourth-order valence-corrected chi connectivity index (χ4v) is 6.40. The lowest BCUT2D eigenvalue weighted by atomic mass is 9.72. The van der Waals surface area contributed by atoms with Crippen LogP contribution in [0.3, 0.4) is 0 Å². The van der Waals surface area contributed by atoms with Gasteiger partial charge in [0.05, 0.1) is 17.7 Å². The molecule has 8 nitrogen and oxygen atoms in total. The zero-order valence-electron chi connectivity index (χ0n) is 21.2. The van der Waals surface area contributed by atoms with E-state index in [-0.39, 0.29) is 41.3 Å². The summed E-state index contributed by atoms with van der Waals surface area (Å²) in [7, 11) is -0.207. The number of carboxylic acids is 1. The molecule has 0 unspecified atom stereocenters. The predicted molar refractivity (Wildman–Crippen MR) is 136 cm³/mol. The highest BCUT2D eigenvalue weighted by molar-refractivity contribution is 8.32. The molecule has 2 N–H and O–H groups in total. The van der Waals surface area contributed by atoms with Gasteiger partial charge in [0.25, 0.3) is 5.91 Å². The first-order valence-corrected chi connectivity index (χ1v) is 14.8. The van der Waals surface area contributed by atoms with E-state index >= 15 is 0 Å². The SMILES string of the molecule is COc1ccc2c(n1)CCN(C(=O)C1CC(CC(=O)O)C1)[C@H]2C(=O)Nc1cc(F)c(S(C)(C)C)c(F)c1. The molecule has 0 spiro atoms. The van der Waals surface area contributed by atoms with Crippen LogP contribution in [0.5, 0.6) is 5.88 Å². The van der Waals surface area contributed by atoms with Gasteiger partial charge in [-0.1, -0.05) is 0 Å². The molecule has 1 atom stereocenters. The number of benzene rings is 1.